The molecule has 5 nitrogen and oxygen atoms in total. The second-order valence-corrected chi connectivity index (χ2v) is 5.82. The molecule has 1 aromatic heterocycles. The molecule has 1 aromatic carbocycles. The smallest absolute Gasteiger partial charge is 0.241 e. The maximum absolute atomic E-state index is 12.0. The number of aromatic nitrogens is 1. The van der Waals surface area contributed by atoms with Crippen LogP contribution in [-0.2, 0) is 4.79 Å². The summed E-state index contributed by atoms with van der Waals surface area (Å²) in [7, 11) is 0. The van der Waals surface area contributed by atoms with Gasteiger partial charge < -0.3 is 15.4 Å². The number of pyridine rings is 1. The van der Waals surface area contributed by atoms with E-state index in [-0.39, 0.29) is 11.9 Å². The average molecular weight is 311 g/mol. The van der Waals surface area contributed by atoms with Crippen molar-refractivity contribution in [2.75, 3.05) is 11.9 Å². The third-order valence-electron chi connectivity index (χ3n) is 4.15. The van der Waals surface area contributed by atoms with E-state index in [1.165, 1.54) is 5.56 Å². The van der Waals surface area contributed by atoms with E-state index in [4.69, 9.17) is 4.74 Å². The number of hydrogen-bond donors (Lipinski definition) is 2. The highest BCUT2D eigenvalue weighted by Gasteiger charge is 2.21. The molecular formula is C18H21N3O2. The third-order valence-corrected chi connectivity index (χ3v) is 4.15. The molecule has 1 amide bonds. The first kappa shape index (κ1) is 15.5. The summed E-state index contributed by atoms with van der Waals surface area (Å²) < 4.78 is 5.81. The van der Waals surface area contributed by atoms with Gasteiger partial charge in [-0.15, -0.1) is 0 Å². The van der Waals surface area contributed by atoms with Crippen LogP contribution in [0, 0.1) is 13.8 Å². The van der Waals surface area contributed by atoms with Crippen LogP contribution in [0.2, 0.25) is 0 Å². The number of hydrogen-bond acceptors (Lipinski definition) is 4. The molecule has 23 heavy (non-hydrogen) atoms. The Bertz CT molecular complexity index is 692. The van der Waals surface area contributed by atoms with Crippen molar-refractivity contribution < 1.29 is 9.53 Å². The van der Waals surface area contributed by atoms with Crippen molar-refractivity contribution in [2.24, 2.45) is 0 Å². The topological polar surface area (TPSA) is 63.2 Å². The minimum absolute atomic E-state index is 0.00695. The minimum atomic E-state index is -0.0964. The normalized spacial score (nSPS) is 17.0. The molecule has 0 aliphatic carbocycles. The van der Waals surface area contributed by atoms with Crippen LogP contribution >= 0.6 is 0 Å². The Hall–Kier alpha value is -2.40. The minimum Gasteiger partial charge on any atom is -0.439 e. The maximum Gasteiger partial charge on any atom is 0.241 e. The molecule has 1 unspecified atom stereocenters. The van der Waals surface area contributed by atoms with Crippen molar-refractivity contribution in [2.45, 2.75) is 32.7 Å². The number of nitrogens with one attached hydrogen (secondary N) is 2. The molecule has 3 rings (SSSR count). The van der Waals surface area contributed by atoms with Crippen molar-refractivity contribution >= 4 is 11.6 Å². The van der Waals surface area contributed by atoms with Crippen LogP contribution in [0.1, 0.15) is 24.0 Å². The van der Waals surface area contributed by atoms with Gasteiger partial charge in [0.05, 0.1) is 17.9 Å². The highest BCUT2D eigenvalue weighted by molar-refractivity contribution is 5.94. The summed E-state index contributed by atoms with van der Waals surface area (Å²) in [5, 5.41) is 6.05. The Labute approximate surface area is 136 Å². The standard InChI is InChI=1S/C18H21N3O2/c1-12-5-3-7-16(13(12)2)23-17-9-8-14(11-20-17)21-18(22)15-6-4-10-19-15/h3,5,7-9,11,15,19H,4,6,10H2,1-2H3,(H,21,22). The molecule has 5 heteroatoms. The van der Waals surface area contributed by atoms with Crippen molar-refractivity contribution in [3.8, 4) is 11.6 Å². The van der Waals surface area contributed by atoms with Gasteiger partial charge in [0.1, 0.15) is 5.75 Å². The van der Waals surface area contributed by atoms with E-state index in [0.29, 0.717) is 11.6 Å². The molecule has 0 saturated carbocycles. The van der Waals surface area contributed by atoms with Crippen molar-refractivity contribution in [1.29, 1.82) is 0 Å². The first-order valence-corrected chi connectivity index (χ1v) is 7.88. The molecule has 0 bridgehead atoms. The molecule has 2 N–H and O–H groups in total. The molecule has 1 atom stereocenters. The Morgan fingerprint density at radius 2 is 2.17 bits per heavy atom. The zero-order valence-electron chi connectivity index (χ0n) is 13.4. The van der Waals surface area contributed by atoms with E-state index < -0.39 is 0 Å². The van der Waals surface area contributed by atoms with Gasteiger partial charge in [0.25, 0.3) is 0 Å². The van der Waals surface area contributed by atoms with E-state index >= 15 is 0 Å². The molecule has 2 aromatic rings. The van der Waals surface area contributed by atoms with Crippen LogP contribution < -0.4 is 15.4 Å². The van der Waals surface area contributed by atoms with Crippen molar-refractivity contribution in [1.82, 2.24) is 10.3 Å². The fourth-order valence-corrected chi connectivity index (χ4v) is 2.60. The lowest BCUT2D eigenvalue weighted by Crippen LogP contribution is -2.35. The Balaban J connectivity index is 1.65. The Morgan fingerprint density at radius 3 is 2.87 bits per heavy atom. The van der Waals surface area contributed by atoms with Gasteiger partial charge in [-0.2, -0.15) is 0 Å². The number of amides is 1. The molecule has 120 valence electrons. The largest absolute Gasteiger partial charge is 0.439 e. The lowest BCUT2D eigenvalue weighted by atomic mass is 10.1. The van der Waals surface area contributed by atoms with Crippen molar-refractivity contribution in [3.63, 3.8) is 0 Å². The first-order valence-electron chi connectivity index (χ1n) is 7.88. The lowest BCUT2D eigenvalue weighted by Gasteiger charge is -2.12. The second kappa shape index (κ2) is 6.79. The quantitative estimate of drug-likeness (QED) is 0.910. The van der Waals surface area contributed by atoms with Gasteiger partial charge in [-0.25, -0.2) is 4.98 Å². The monoisotopic (exact) mass is 311 g/mol. The third kappa shape index (κ3) is 3.68. The van der Waals surface area contributed by atoms with Gasteiger partial charge >= 0.3 is 0 Å². The molecule has 0 spiro atoms. The number of carbonyl (C=O) groups is 1. The summed E-state index contributed by atoms with van der Waals surface area (Å²) in [5.74, 6) is 1.30. The van der Waals surface area contributed by atoms with Gasteiger partial charge in [0, 0.05) is 6.07 Å². The van der Waals surface area contributed by atoms with Crippen LogP contribution in [0.25, 0.3) is 0 Å². The first-order chi connectivity index (χ1) is 11.1. The molecule has 1 saturated heterocycles. The fourth-order valence-electron chi connectivity index (χ4n) is 2.60. The molecule has 1 fully saturated rings. The summed E-state index contributed by atoms with van der Waals surface area (Å²) in [6.45, 7) is 4.97. The van der Waals surface area contributed by atoms with Gasteiger partial charge in [-0.1, -0.05) is 12.1 Å². The number of rotatable bonds is 4. The van der Waals surface area contributed by atoms with Gasteiger partial charge in [0.15, 0.2) is 0 Å². The zero-order chi connectivity index (χ0) is 16.2. The van der Waals surface area contributed by atoms with Crippen LogP contribution in [0.3, 0.4) is 0 Å². The van der Waals surface area contributed by atoms with Gasteiger partial charge in [0.2, 0.25) is 11.8 Å². The second-order valence-electron chi connectivity index (χ2n) is 5.82. The fraction of sp³-hybridized carbons (Fsp3) is 0.333. The molecule has 2 heterocycles. The summed E-state index contributed by atoms with van der Waals surface area (Å²) in [6.07, 6.45) is 3.54. The summed E-state index contributed by atoms with van der Waals surface area (Å²) >= 11 is 0. The van der Waals surface area contributed by atoms with Crippen molar-refractivity contribution in [3.05, 3.63) is 47.7 Å². The van der Waals surface area contributed by atoms with Crippen LogP contribution in [0.15, 0.2) is 36.5 Å². The van der Waals surface area contributed by atoms with Crippen LogP contribution in [0.5, 0.6) is 11.6 Å². The predicted octanol–water partition coefficient (Wildman–Crippen LogP) is 3.18. The summed E-state index contributed by atoms with van der Waals surface area (Å²) in [6, 6.07) is 9.40. The summed E-state index contributed by atoms with van der Waals surface area (Å²) in [5.41, 5.74) is 2.95. The molecule has 0 radical (unpaired) electrons. The van der Waals surface area contributed by atoms with E-state index in [1.54, 1.807) is 18.3 Å². The number of carbonyl (C=O) groups excluding carboxylic acids is 1. The van der Waals surface area contributed by atoms with E-state index in [0.717, 1.165) is 30.7 Å². The number of nitrogens with zero attached hydrogens (tertiary/aromatic N) is 1. The van der Waals surface area contributed by atoms with E-state index in [2.05, 4.69) is 15.6 Å². The maximum atomic E-state index is 12.0. The van der Waals surface area contributed by atoms with Gasteiger partial charge in [-0.3, -0.25) is 4.79 Å². The number of ether oxygens (including phenoxy) is 1. The highest BCUT2D eigenvalue weighted by Crippen LogP contribution is 2.26. The highest BCUT2D eigenvalue weighted by atomic mass is 16.5. The lowest BCUT2D eigenvalue weighted by molar-refractivity contribution is -0.117. The van der Waals surface area contributed by atoms with Crippen LogP contribution in [0.4, 0.5) is 5.69 Å². The number of benzene rings is 1. The summed E-state index contributed by atoms with van der Waals surface area (Å²) in [4.78, 5) is 16.3. The van der Waals surface area contributed by atoms with Gasteiger partial charge in [-0.05, 0) is 56.5 Å². The van der Waals surface area contributed by atoms with Crippen LogP contribution in [-0.4, -0.2) is 23.5 Å². The average Bonchev–Trinajstić information content (AvgIpc) is 3.08. The van der Waals surface area contributed by atoms with E-state index in [9.17, 15) is 4.79 Å². The number of aryl methyl sites for hydroxylation is 1. The number of anilines is 1. The molecule has 1 aliphatic rings. The predicted molar refractivity (Wildman–Crippen MR) is 89.9 cm³/mol. The molecular weight excluding hydrogens is 290 g/mol. The molecule has 1 aliphatic heterocycles. The Morgan fingerprint density at radius 1 is 1.30 bits per heavy atom. The SMILES string of the molecule is Cc1cccc(Oc2ccc(NC(=O)C3CCCN3)cn2)c1C. The zero-order valence-corrected chi connectivity index (χ0v) is 13.4. The van der Waals surface area contributed by atoms with E-state index in [1.807, 2.05) is 32.0 Å². The Kier molecular flexibility index (Phi) is 4.57.